The number of nitrogens with one attached hydrogen (secondary N) is 1. The fourth-order valence-corrected chi connectivity index (χ4v) is 5.28. The van der Waals surface area contributed by atoms with Crippen LogP contribution in [0, 0.1) is 0 Å². The highest BCUT2D eigenvalue weighted by molar-refractivity contribution is 7.66. The van der Waals surface area contributed by atoms with Crippen LogP contribution in [0.4, 0.5) is 5.95 Å². The van der Waals surface area contributed by atoms with Gasteiger partial charge >= 0.3 is 23.5 Å². The standard InChI is InChI=1S/C10H18N5O14P3/c1-4(2-26-31(22,23)29-32(24,25)28-30(19,20)21)27-8(9(17)18)15-3-12-5-6(15)13-10(11)14-7(5)16/h3-4,8-9,17-18H,2H2,1H3,(H,22,23)(H,24,25)(H2,19,20,21)(H3,11,13,14,16)/t4-,8+/m0/s1. The third-order valence-electron chi connectivity index (χ3n) is 3.24. The molecule has 2 heterocycles. The second-order valence-corrected chi connectivity index (χ2v) is 10.3. The van der Waals surface area contributed by atoms with Gasteiger partial charge in [-0.25, -0.2) is 18.7 Å². The number of nitrogen functional groups attached to an aromatic ring is 1. The van der Waals surface area contributed by atoms with Crippen LogP contribution in [0.2, 0.25) is 0 Å². The minimum Gasteiger partial charge on any atom is -0.369 e. The Hall–Kier alpha value is -1.56. The molecule has 0 bridgehead atoms. The van der Waals surface area contributed by atoms with Gasteiger partial charge in [-0.15, -0.1) is 0 Å². The summed E-state index contributed by atoms with van der Waals surface area (Å²) >= 11 is 0. The summed E-state index contributed by atoms with van der Waals surface area (Å²) in [7, 11) is -16.7. The van der Waals surface area contributed by atoms with E-state index in [0.29, 0.717) is 0 Å². The number of nitrogens with two attached hydrogens (primary N) is 1. The number of nitrogens with zero attached hydrogens (tertiary/aromatic N) is 3. The van der Waals surface area contributed by atoms with E-state index in [9.17, 15) is 33.6 Å². The van der Waals surface area contributed by atoms with Gasteiger partial charge in [0.05, 0.1) is 19.0 Å². The molecule has 9 N–H and O–H groups in total. The Bertz CT molecular complexity index is 1160. The van der Waals surface area contributed by atoms with Crippen LogP contribution in [0.5, 0.6) is 0 Å². The quantitative estimate of drug-likeness (QED) is 0.119. The van der Waals surface area contributed by atoms with E-state index in [0.717, 1.165) is 10.9 Å². The SMILES string of the molecule is C[C@@H](COP(=O)(O)OP(=O)(O)OP(=O)(O)O)O[C@H](C(O)O)n1cnc2c(=O)[nH]c(N)nc21. The van der Waals surface area contributed by atoms with Crippen LogP contribution in [-0.4, -0.2) is 68.3 Å². The first-order valence-electron chi connectivity index (χ1n) is 8.02. The monoisotopic (exact) mass is 525 g/mol. The maximum absolute atomic E-state index is 11.8. The minimum absolute atomic E-state index is 0.190. The molecule has 22 heteroatoms. The number of H-pyrrole nitrogens is 1. The Morgan fingerprint density at radius 3 is 2.34 bits per heavy atom. The molecule has 0 aliphatic rings. The Morgan fingerprint density at radius 1 is 1.16 bits per heavy atom. The van der Waals surface area contributed by atoms with Crippen molar-refractivity contribution in [1.82, 2.24) is 19.5 Å². The average molecular weight is 525 g/mol. The van der Waals surface area contributed by atoms with E-state index >= 15 is 0 Å². The number of imidazole rings is 1. The summed E-state index contributed by atoms with van der Waals surface area (Å²) in [6.07, 6.45) is -4.20. The molecule has 0 spiro atoms. The highest BCUT2D eigenvalue weighted by Gasteiger charge is 2.41. The molecule has 2 rings (SSSR count). The zero-order valence-electron chi connectivity index (χ0n) is 15.7. The number of phosphoric acid groups is 3. The van der Waals surface area contributed by atoms with Crippen molar-refractivity contribution in [3.63, 3.8) is 0 Å². The van der Waals surface area contributed by atoms with Crippen molar-refractivity contribution in [2.24, 2.45) is 0 Å². The normalized spacial score (nSPS) is 18.4. The lowest BCUT2D eigenvalue weighted by molar-refractivity contribution is -0.196. The van der Waals surface area contributed by atoms with Gasteiger partial charge in [-0.1, -0.05) is 0 Å². The van der Waals surface area contributed by atoms with Gasteiger partial charge in [-0.05, 0) is 6.92 Å². The highest BCUT2D eigenvalue weighted by Crippen LogP contribution is 2.66. The van der Waals surface area contributed by atoms with Crippen LogP contribution >= 0.6 is 23.5 Å². The Labute approximate surface area is 176 Å². The summed E-state index contributed by atoms with van der Waals surface area (Å²) in [5, 5.41) is 19.3. The molecule has 2 aromatic rings. The molecule has 182 valence electrons. The van der Waals surface area contributed by atoms with E-state index in [1.165, 1.54) is 6.92 Å². The predicted molar refractivity (Wildman–Crippen MR) is 100 cm³/mol. The molecule has 0 aliphatic carbocycles. The first kappa shape index (κ1) is 26.7. The number of aromatic nitrogens is 4. The van der Waals surface area contributed by atoms with Crippen LogP contribution in [-0.2, 0) is 31.6 Å². The summed E-state index contributed by atoms with van der Waals surface area (Å²) in [4.78, 5) is 57.1. The van der Waals surface area contributed by atoms with Crippen molar-refractivity contribution in [2.45, 2.75) is 25.5 Å². The number of ether oxygens (including phenoxy) is 1. The third kappa shape index (κ3) is 7.50. The Kier molecular flexibility index (Phi) is 8.13. The summed E-state index contributed by atoms with van der Waals surface area (Å²) in [5.74, 6) is -0.309. The molecule has 4 atom stereocenters. The smallest absolute Gasteiger partial charge is 0.369 e. The first-order valence-corrected chi connectivity index (χ1v) is 12.5. The van der Waals surface area contributed by atoms with Crippen LogP contribution in [0.1, 0.15) is 13.2 Å². The lowest BCUT2D eigenvalue weighted by Gasteiger charge is -2.25. The zero-order chi connectivity index (χ0) is 24.5. The van der Waals surface area contributed by atoms with Gasteiger partial charge in [0.2, 0.25) is 5.95 Å². The largest absolute Gasteiger partial charge is 0.490 e. The second kappa shape index (κ2) is 9.74. The number of aliphatic hydroxyl groups is 2. The van der Waals surface area contributed by atoms with Crippen molar-refractivity contribution in [3.05, 3.63) is 16.7 Å². The van der Waals surface area contributed by atoms with Crippen molar-refractivity contribution in [2.75, 3.05) is 12.3 Å². The number of anilines is 1. The number of phosphoric ester groups is 1. The highest BCUT2D eigenvalue weighted by atomic mass is 31.3. The first-order chi connectivity index (χ1) is 14.5. The van der Waals surface area contributed by atoms with Crippen molar-refractivity contribution in [3.8, 4) is 0 Å². The van der Waals surface area contributed by atoms with Crippen LogP contribution in [0.15, 0.2) is 11.1 Å². The van der Waals surface area contributed by atoms with Gasteiger partial charge in [-0.3, -0.25) is 18.9 Å². The van der Waals surface area contributed by atoms with Crippen LogP contribution in [0.25, 0.3) is 11.2 Å². The molecule has 0 aliphatic heterocycles. The molecule has 2 aromatic heterocycles. The number of hydrogen-bond acceptors (Lipinski definition) is 13. The summed E-state index contributed by atoms with van der Waals surface area (Å²) < 4.78 is 51.3. The van der Waals surface area contributed by atoms with E-state index in [1.807, 2.05) is 0 Å². The number of rotatable bonds is 11. The zero-order valence-corrected chi connectivity index (χ0v) is 18.4. The topological polar surface area (TPSA) is 299 Å². The van der Waals surface area contributed by atoms with Crippen LogP contribution < -0.4 is 11.3 Å². The molecule has 0 aromatic carbocycles. The van der Waals surface area contributed by atoms with E-state index in [-0.39, 0.29) is 17.1 Å². The summed E-state index contributed by atoms with van der Waals surface area (Å²) in [6.45, 7) is 0.323. The number of fused-ring (bicyclic) bond motifs is 1. The van der Waals surface area contributed by atoms with Gasteiger partial charge in [-0.2, -0.15) is 13.6 Å². The summed E-state index contributed by atoms with van der Waals surface area (Å²) in [5.41, 5.74) is 4.32. The van der Waals surface area contributed by atoms with Gasteiger partial charge in [0.15, 0.2) is 23.7 Å². The van der Waals surface area contributed by atoms with Gasteiger partial charge in [0.1, 0.15) is 0 Å². The lowest BCUT2D eigenvalue weighted by Crippen LogP contribution is -2.31. The predicted octanol–water partition coefficient (Wildman–Crippen LogP) is -1.74. The molecule has 0 saturated heterocycles. The minimum atomic E-state index is -5.70. The van der Waals surface area contributed by atoms with Gasteiger partial charge < -0.3 is 40.3 Å². The molecule has 0 radical (unpaired) electrons. The molecule has 0 fully saturated rings. The third-order valence-corrected chi connectivity index (χ3v) is 7.04. The molecule has 2 unspecified atom stereocenters. The molecular weight excluding hydrogens is 507 g/mol. The van der Waals surface area contributed by atoms with Crippen molar-refractivity contribution >= 4 is 40.6 Å². The maximum Gasteiger partial charge on any atom is 0.490 e. The summed E-state index contributed by atoms with van der Waals surface area (Å²) in [6, 6.07) is 0. The van der Waals surface area contributed by atoms with E-state index < -0.39 is 54.3 Å². The molecule has 0 amide bonds. The maximum atomic E-state index is 11.8. The van der Waals surface area contributed by atoms with Gasteiger partial charge in [0.25, 0.3) is 5.56 Å². The second-order valence-electron chi connectivity index (χ2n) is 5.91. The number of aromatic amines is 1. The molecule has 19 nitrogen and oxygen atoms in total. The van der Waals surface area contributed by atoms with E-state index in [4.69, 9.17) is 25.2 Å². The van der Waals surface area contributed by atoms with Crippen molar-refractivity contribution < 1.29 is 61.4 Å². The van der Waals surface area contributed by atoms with Gasteiger partial charge in [0, 0.05) is 0 Å². The molecule has 0 saturated carbocycles. The molecular formula is C10H18N5O14P3. The van der Waals surface area contributed by atoms with Crippen LogP contribution in [0.3, 0.4) is 0 Å². The fraction of sp³-hybridized carbons (Fsp3) is 0.500. The Morgan fingerprint density at radius 2 is 1.78 bits per heavy atom. The Balaban J connectivity index is 2.11. The van der Waals surface area contributed by atoms with E-state index in [1.54, 1.807) is 0 Å². The average Bonchev–Trinajstić information content (AvgIpc) is 2.98. The van der Waals surface area contributed by atoms with Crippen molar-refractivity contribution in [1.29, 1.82) is 0 Å². The van der Waals surface area contributed by atoms with E-state index in [2.05, 4.69) is 28.1 Å². The molecule has 32 heavy (non-hydrogen) atoms. The lowest BCUT2D eigenvalue weighted by atomic mass is 10.4. The fourth-order valence-electron chi connectivity index (χ4n) is 2.19. The number of aliphatic hydroxyl groups excluding tert-OH is 1. The number of hydrogen-bond donors (Lipinski definition) is 8.